The number of aromatic nitrogens is 3. The number of rotatable bonds is 6. The molecule has 2 aliphatic carbocycles. The summed E-state index contributed by atoms with van der Waals surface area (Å²) in [6.45, 7) is 4.75. The van der Waals surface area contributed by atoms with Gasteiger partial charge in [-0.05, 0) is 49.3 Å². The van der Waals surface area contributed by atoms with E-state index in [1.165, 1.54) is 11.1 Å². The number of anilines is 2. The van der Waals surface area contributed by atoms with Crippen LogP contribution >= 0.6 is 0 Å². The highest BCUT2D eigenvalue weighted by Gasteiger charge is 2.51. The minimum absolute atomic E-state index is 0.126. The number of aryl methyl sites for hydroxylation is 1. The Kier molecular flexibility index (Phi) is 10.7. The molecule has 1 aliphatic heterocycles. The summed E-state index contributed by atoms with van der Waals surface area (Å²) >= 11 is 0. The number of benzene rings is 1. The van der Waals surface area contributed by atoms with Gasteiger partial charge in [-0.3, -0.25) is 29.2 Å². The Morgan fingerprint density at radius 1 is 1.05 bits per heavy atom. The molecule has 6 rings (SSSR count). The highest BCUT2D eigenvalue weighted by Crippen LogP contribution is 2.44. The molecule has 0 radical (unpaired) electrons. The maximum absolute atomic E-state index is 13.8. The molecule has 1 N–H and O–H groups in total. The van der Waals surface area contributed by atoms with Crippen LogP contribution in [0.15, 0.2) is 61.2 Å². The molecule has 1 saturated heterocycles. The molecule has 1 unspecified atom stereocenters. The second-order valence-corrected chi connectivity index (χ2v) is 10.7. The van der Waals surface area contributed by atoms with E-state index in [1.807, 2.05) is 26.0 Å². The number of carbonyl (C=O) groups is 3. The molecule has 9 nitrogen and oxygen atoms in total. The molecule has 0 spiro atoms. The van der Waals surface area contributed by atoms with E-state index in [0.29, 0.717) is 37.2 Å². The van der Waals surface area contributed by atoms with E-state index in [1.54, 1.807) is 35.5 Å². The Hall–Kier alpha value is -4.35. The molecular formula is C32H37F3N6O3. The lowest BCUT2D eigenvalue weighted by atomic mass is 9.86. The van der Waals surface area contributed by atoms with Crippen LogP contribution in [0.3, 0.4) is 0 Å². The van der Waals surface area contributed by atoms with Gasteiger partial charge in [-0.1, -0.05) is 38.1 Å². The number of fused-ring (bicyclic) bond motifs is 1. The molecule has 1 atom stereocenters. The van der Waals surface area contributed by atoms with Crippen molar-refractivity contribution in [3.8, 4) is 0 Å². The SMILES string of the molecule is CC.O=C1CCCN1c1ncccn1.O=CN(c1cncc(F)c1)C1(C(=O)NC2CCC(F)(F)CC2)CCc2ccccc21. The van der Waals surface area contributed by atoms with Crippen LogP contribution in [0.25, 0.3) is 0 Å². The average molecular weight is 611 g/mol. The summed E-state index contributed by atoms with van der Waals surface area (Å²) < 4.78 is 40.9. The molecule has 3 aliphatic rings. The lowest BCUT2D eigenvalue weighted by molar-refractivity contribution is -0.130. The van der Waals surface area contributed by atoms with Crippen LogP contribution in [0.4, 0.5) is 24.8 Å². The first-order valence-corrected chi connectivity index (χ1v) is 14.9. The number of pyridine rings is 1. The van der Waals surface area contributed by atoms with Crippen molar-refractivity contribution in [1.29, 1.82) is 0 Å². The van der Waals surface area contributed by atoms with Crippen LogP contribution < -0.4 is 15.1 Å². The van der Waals surface area contributed by atoms with E-state index in [0.717, 1.165) is 30.8 Å². The fourth-order valence-electron chi connectivity index (χ4n) is 5.87. The highest BCUT2D eigenvalue weighted by molar-refractivity contribution is 5.98. The van der Waals surface area contributed by atoms with E-state index >= 15 is 0 Å². The predicted molar refractivity (Wildman–Crippen MR) is 159 cm³/mol. The van der Waals surface area contributed by atoms with Crippen molar-refractivity contribution in [2.75, 3.05) is 16.3 Å². The van der Waals surface area contributed by atoms with Crippen LogP contribution in [-0.2, 0) is 26.3 Å². The Morgan fingerprint density at radius 3 is 2.39 bits per heavy atom. The van der Waals surface area contributed by atoms with Gasteiger partial charge in [0.1, 0.15) is 5.82 Å². The van der Waals surface area contributed by atoms with Crippen molar-refractivity contribution in [3.05, 3.63) is 78.1 Å². The Morgan fingerprint density at radius 2 is 1.75 bits per heavy atom. The van der Waals surface area contributed by atoms with Gasteiger partial charge >= 0.3 is 0 Å². The molecule has 2 fully saturated rings. The van der Waals surface area contributed by atoms with E-state index < -0.39 is 29.2 Å². The van der Waals surface area contributed by atoms with Gasteiger partial charge in [-0.2, -0.15) is 0 Å². The zero-order valence-electron chi connectivity index (χ0n) is 24.9. The van der Waals surface area contributed by atoms with Crippen molar-refractivity contribution in [2.24, 2.45) is 0 Å². The first-order chi connectivity index (χ1) is 21.2. The van der Waals surface area contributed by atoms with Crippen molar-refractivity contribution in [2.45, 2.75) is 82.7 Å². The number of amides is 3. The van der Waals surface area contributed by atoms with Crippen molar-refractivity contribution in [1.82, 2.24) is 20.3 Å². The van der Waals surface area contributed by atoms with Gasteiger partial charge in [-0.15, -0.1) is 0 Å². The minimum Gasteiger partial charge on any atom is -0.351 e. The van der Waals surface area contributed by atoms with Crippen LogP contribution in [-0.4, -0.2) is 51.7 Å². The third-order valence-corrected chi connectivity index (χ3v) is 8.00. The standard InChI is InChI=1S/C22H22F3N3O2.C8H9N3O.C2H6/c23-16-11-18(13-26-12-16)28(14-29)22(10-5-15-3-1-2-4-19(15)22)20(30)27-17-6-8-21(24,25)9-7-17;12-7-3-1-6-11(7)8-9-4-2-5-10-8;1-2/h1-4,11-14,17H,5-10H2,(H,27,30);2,4-5H,1,3,6H2;1-2H3. The van der Waals surface area contributed by atoms with Gasteiger partial charge < -0.3 is 5.32 Å². The second-order valence-electron chi connectivity index (χ2n) is 10.7. The maximum Gasteiger partial charge on any atom is 0.251 e. The molecule has 12 heteroatoms. The van der Waals surface area contributed by atoms with Gasteiger partial charge in [0.15, 0.2) is 5.54 Å². The fraction of sp³-hybridized carbons (Fsp3) is 0.438. The first kappa shape index (κ1) is 32.6. The first-order valence-electron chi connectivity index (χ1n) is 14.9. The predicted octanol–water partition coefficient (Wildman–Crippen LogP) is 5.35. The zero-order valence-corrected chi connectivity index (χ0v) is 24.9. The smallest absolute Gasteiger partial charge is 0.251 e. The van der Waals surface area contributed by atoms with Crippen LogP contribution in [0.2, 0.25) is 0 Å². The average Bonchev–Trinajstić information content (AvgIpc) is 3.65. The molecule has 3 heterocycles. The number of alkyl halides is 2. The molecule has 44 heavy (non-hydrogen) atoms. The van der Waals surface area contributed by atoms with Gasteiger partial charge in [0.25, 0.3) is 5.91 Å². The molecule has 234 valence electrons. The van der Waals surface area contributed by atoms with Crippen molar-refractivity contribution in [3.63, 3.8) is 0 Å². The summed E-state index contributed by atoms with van der Waals surface area (Å²) in [6, 6.07) is 9.78. The van der Waals surface area contributed by atoms with E-state index in [2.05, 4.69) is 20.3 Å². The maximum atomic E-state index is 13.8. The normalized spacial score (nSPS) is 20.4. The largest absolute Gasteiger partial charge is 0.351 e. The summed E-state index contributed by atoms with van der Waals surface area (Å²) in [5.74, 6) is -3.13. The molecule has 0 bridgehead atoms. The number of hydrogen-bond donors (Lipinski definition) is 1. The molecule has 1 aromatic carbocycles. The minimum atomic E-state index is -2.71. The fourth-order valence-corrected chi connectivity index (χ4v) is 5.87. The summed E-state index contributed by atoms with van der Waals surface area (Å²) in [6.07, 6.45) is 8.30. The third-order valence-electron chi connectivity index (χ3n) is 8.00. The molecular weight excluding hydrogens is 573 g/mol. The van der Waals surface area contributed by atoms with E-state index in [9.17, 15) is 27.6 Å². The lowest BCUT2D eigenvalue weighted by Crippen LogP contribution is -2.57. The van der Waals surface area contributed by atoms with Crippen LogP contribution in [0.1, 0.15) is 69.9 Å². The topological polar surface area (TPSA) is 108 Å². The molecule has 3 aromatic rings. The molecule has 3 amide bonds. The van der Waals surface area contributed by atoms with E-state index in [4.69, 9.17) is 0 Å². The number of carbonyl (C=O) groups excluding carboxylic acids is 3. The number of halogens is 3. The van der Waals surface area contributed by atoms with Crippen LogP contribution in [0, 0.1) is 5.82 Å². The number of nitrogens with zero attached hydrogens (tertiary/aromatic N) is 5. The summed E-state index contributed by atoms with van der Waals surface area (Å²) in [5, 5.41) is 2.89. The lowest BCUT2D eigenvalue weighted by Gasteiger charge is -2.40. The second kappa shape index (κ2) is 14.4. The zero-order chi connectivity index (χ0) is 31.7. The summed E-state index contributed by atoms with van der Waals surface area (Å²) in [4.78, 5) is 51.7. The Labute approximate surface area is 254 Å². The van der Waals surface area contributed by atoms with Gasteiger partial charge in [0.2, 0.25) is 24.2 Å². The number of nitrogens with one attached hydrogen (secondary N) is 1. The third kappa shape index (κ3) is 7.06. The van der Waals surface area contributed by atoms with Crippen molar-refractivity contribution >= 4 is 29.9 Å². The van der Waals surface area contributed by atoms with E-state index in [-0.39, 0.29) is 37.3 Å². The monoisotopic (exact) mass is 610 g/mol. The van der Waals surface area contributed by atoms with Gasteiger partial charge in [0.05, 0.1) is 18.1 Å². The summed E-state index contributed by atoms with van der Waals surface area (Å²) in [5.41, 5.74) is 0.333. The Balaban J connectivity index is 0.000000262. The molecule has 1 saturated carbocycles. The number of hydrogen-bond acceptors (Lipinski definition) is 6. The highest BCUT2D eigenvalue weighted by atomic mass is 19.3. The summed E-state index contributed by atoms with van der Waals surface area (Å²) in [7, 11) is 0. The quantitative estimate of drug-likeness (QED) is 0.377. The molecule has 2 aromatic heterocycles. The Bertz CT molecular complexity index is 1430. The van der Waals surface area contributed by atoms with Crippen molar-refractivity contribution < 1.29 is 27.6 Å². The van der Waals surface area contributed by atoms with Crippen LogP contribution in [0.5, 0.6) is 0 Å². The van der Waals surface area contributed by atoms with Gasteiger partial charge in [-0.25, -0.2) is 23.1 Å². The van der Waals surface area contributed by atoms with Gasteiger partial charge in [0, 0.05) is 50.3 Å².